The van der Waals surface area contributed by atoms with Crippen LogP contribution < -0.4 is 67.4 Å². The number of aliphatic hydroxyl groups excluding tert-OH is 2. The number of aromatic hydroxyl groups is 3. The number of benzene rings is 5. The molecule has 0 unspecified atom stereocenters. The largest absolute Gasteiger partial charge is 0.508 e. The molecule has 0 saturated heterocycles. The first-order valence-corrected chi connectivity index (χ1v) is 31.6. The second-order valence-corrected chi connectivity index (χ2v) is 24.2. The number of aliphatic hydroxyl groups is 2. The van der Waals surface area contributed by atoms with Crippen LogP contribution in [0.1, 0.15) is 137 Å². The van der Waals surface area contributed by atoms with Crippen molar-refractivity contribution >= 4 is 82.6 Å². The van der Waals surface area contributed by atoms with Crippen LogP contribution in [0.3, 0.4) is 0 Å². The minimum absolute atomic E-state index is 0.00169. The first-order valence-electron chi connectivity index (χ1n) is 30.8. The first kappa shape index (κ1) is 71.9. The summed E-state index contributed by atoms with van der Waals surface area (Å²) in [5, 5.41) is 92.8. The predicted octanol–water partition coefficient (Wildman–Crippen LogP) is 5.50. The molecule has 0 spiro atoms. The van der Waals surface area contributed by atoms with E-state index in [1.54, 1.807) is 6.92 Å². The summed E-state index contributed by atoms with van der Waals surface area (Å²) in [6, 6.07) is -1.10. The Bertz CT molecular complexity index is 3840. The maximum Gasteiger partial charge on any atom is 0.412 e. The number of nitrogens with one attached hydrogen (secondary N) is 10. The molecule has 5 aromatic rings. The third-order valence-electron chi connectivity index (χ3n) is 15.9. The van der Waals surface area contributed by atoms with E-state index in [2.05, 4.69) is 60.1 Å². The topological polar surface area (TPSA) is 440 Å². The molecule has 31 heteroatoms. The zero-order valence-corrected chi connectivity index (χ0v) is 54.1. The molecule has 29 nitrogen and oxygen atoms in total. The number of aliphatic carboxylic acids is 1. The van der Waals surface area contributed by atoms with E-state index in [1.165, 1.54) is 25.2 Å². The monoisotopic (exact) mass is 1370 g/mol. The van der Waals surface area contributed by atoms with Crippen molar-refractivity contribution in [1.29, 1.82) is 0 Å². The molecule has 0 fully saturated rings. The van der Waals surface area contributed by atoms with Crippen molar-refractivity contribution in [3.8, 4) is 57.1 Å². The molecule has 0 aliphatic carbocycles. The average Bonchev–Trinajstić information content (AvgIpc) is 0.774. The highest BCUT2D eigenvalue weighted by Gasteiger charge is 2.42. The van der Waals surface area contributed by atoms with Gasteiger partial charge in [0, 0.05) is 35.8 Å². The minimum Gasteiger partial charge on any atom is -0.508 e. The molecule has 5 aliphatic heterocycles. The third kappa shape index (κ3) is 17.3. The number of amides is 10. The van der Waals surface area contributed by atoms with Gasteiger partial charge in [0.1, 0.15) is 71.2 Å². The fourth-order valence-electron chi connectivity index (χ4n) is 11.0. The molecule has 0 radical (unpaired) electrons. The Balaban J connectivity index is 1.37. The third-order valence-corrected chi connectivity index (χ3v) is 16.5. The number of phenols is 3. The lowest BCUT2D eigenvalue weighted by atomic mass is 9.89. The lowest BCUT2D eigenvalue weighted by Gasteiger charge is -2.31. The van der Waals surface area contributed by atoms with Gasteiger partial charge >= 0.3 is 18.1 Å². The highest BCUT2D eigenvalue weighted by atomic mass is 35.5. The molecule has 5 aliphatic rings. The molecule has 9 atom stereocenters. The van der Waals surface area contributed by atoms with Gasteiger partial charge < -0.3 is 92.7 Å². The van der Waals surface area contributed by atoms with Gasteiger partial charge in [0.25, 0.3) is 0 Å². The number of hydrogen-bond donors (Lipinski definition) is 16. The zero-order chi connectivity index (χ0) is 69.8. The number of rotatable bonds is 17. The first-order chi connectivity index (χ1) is 45.7. The molecular weight excluding hydrogens is 1300 g/mol. The number of carbonyl (C=O) groups is 10. The molecule has 0 aromatic heterocycles. The van der Waals surface area contributed by atoms with Crippen molar-refractivity contribution in [1.82, 2.24) is 53.2 Å². The fourth-order valence-corrected chi connectivity index (χ4v) is 11.5. The Morgan fingerprint density at radius 1 is 0.635 bits per heavy atom. The van der Waals surface area contributed by atoms with Crippen LogP contribution in [-0.4, -0.2) is 134 Å². The van der Waals surface area contributed by atoms with E-state index >= 15 is 19.2 Å². The van der Waals surface area contributed by atoms with Crippen LogP contribution in [-0.2, 0) is 38.4 Å². The van der Waals surface area contributed by atoms with E-state index in [0.717, 1.165) is 92.8 Å². The number of hydrogen-bond acceptors (Lipinski definition) is 19. The van der Waals surface area contributed by atoms with Gasteiger partial charge in [-0.3, -0.25) is 38.9 Å². The average molecular weight is 1370 g/mol. The smallest absolute Gasteiger partial charge is 0.412 e. The molecular formula is C65H74Cl2N10O19. The summed E-state index contributed by atoms with van der Waals surface area (Å²) in [5.41, 5.74) is -2.57. The number of phenolic OH excluding ortho intramolecular Hbond substituents is 3. The highest BCUT2D eigenvalue weighted by Crippen LogP contribution is 2.48. The van der Waals surface area contributed by atoms with Gasteiger partial charge in [-0.05, 0) is 110 Å². The van der Waals surface area contributed by atoms with Crippen molar-refractivity contribution < 1.29 is 92.8 Å². The van der Waals surface area contributed by atoms with Gasteiger partial charge in [-0.25, -0.2) is 14.4 Å². The van der Waals surface area contributed by atoms with Crippen LogP contribution in [0.2, 0.25) is 10.0 Å². The standard InChI is InChI=1S/C65H74Cl2N10O19/c1-6-8-9-10-11-12-19-70-64(92)72-47(81)28-40-58(85)73-50-33-24-45(94-43-17-14-31(22-37(43)66)54(82)52(61(88)71-40)76-57(84)39(68-5)20-29(3)4)56(96-65(93)69-7-2)46(25-33)95-44-18-15-32(23-38(44)67)55(83)53-62(89)75-51(63(90)91)36-26-34(78)27-42(80)48(36)35-21-30(13-16-41(35)79)49(59(86)77-53)74-60(50)87/h13-18,21-27,29,39-40,49-55,68,78-80,82-83H,6-12,19-20,28H2,1-5H3,(H,69,93)(H,71,88)(H,73,85)(H,74,87)(H,75,89)(H,76,84)(H,77,86)(H,90,91)(H2,70,72,81,92)/t39-,40+,49-,50-,51+,52-,53+,54-,55-/m1/s1. The predicted molar refractivity (Wildman–Crippen MR) is 344 cm³/mol. The van der Waals surface area contributed by atoms with Crippen LogP contribution in [0.4, 0.5) is 9.59 Å². The Labute approximate surface area is 559 Å². The van der Waals surface area contributed by atoms with E-state index in [1.807, 2.05) is 13.8 Å². The number of ether oxygens (including phenoxy) is 3. The van der Waals surface area contributed by atoms with Gasteiger partial charge in [0.2, 0.25) is 47.1 Å². The van der Waals surface area contributed by atoms with Crippen LogP contribution in [0.15, 0.2) is 78.9 Å². The van der Waals surface area contributed by atoms with Crippen LogP contribution in [0.5, 0.6) is 46.0 Å². The van der Waals surface area contributed by atoms with E-state index in [-0.39, 0.29) is 63.7 Å². The lowest BCUT2D eigenvalue weighted by Crippen LogP contribution is -2.59. The Morgan fingerprint density at radius 2 is 1.24 bits per heavy atom. The van der Waals surface area contributed by atoms with Crippen molar-refractivity contribution in [3.05, 3.63) is 117 Å². The number of carboxylic acid groups (broad SMARTS) is 1. The number of imide groups is 1. The summed E-state index contributed by atoms with van der Waals surface area (Å²) in [5.74, 6) is -15.3. The molecule has 5 aromatic carbocycles. The summed E-state index contributed by atoms with van der Waals surface area (Å²) in [6.45, 7) is 7.44. The number of fused-ring (bicyclic) bond motifs is 15. The molecule has 11 bridgehead atoms. The van der Waals surface area contributed by atoms with E-state index < -0.39 is 177 Å². The number of likely N-dealkylation sites (N-methyl/N-ethyl adjacent to an activating group) is 1. The Kier molecular flexibility index (Phi) is 24.0. The van der Waals surface area contributed by atoms with Crippen molar-refractivity contribution in [2.75, 3.05) is 20.1 Å². The number of unbranched alkanes of at least 4 members (excludes halogenated alkanes) is 5. The van der Waals surface area contributed by atoms with Crippen LogP contribution in [0, 0.1) is 5.92 Å². The van der Waals surface area contributed by atoms with Gasteiger partial charge in [-0.2, -0.15) is 0 Å². The van der Waals surface area contributed by atoms with Crippen molar-refractivity contribution in [2.24, 2.45) is 5.92 Å². The molecule has 10 rings (SSSR count). The number of carbonyl (C=O) groups excluding carboxylic acids is 9. The molecule has 0 saturated carbocycles. The summed E-state index contributed by atoms with van der Waals surface area (Å²) in [4.78, 5) is 145. The van der Waals surface area contributed by atoms with Gasteiger partial charge in [0.15, 0.2) is 17.5 Å². The molecule has 16 N–H and O–H groups in total. The Morgan fingerprint density at radius 3 is 1.85 bits per heavy atom. The van der Waals surface area contributed by atoms with Gasteiger partial charge in [-0.15, -0.1) is 0 Å². The van der Waals surface area contributed by atoms with Crippen LogP contribution in [0.25, 0.3) is 11.1 Å². The van der Waals surface area contributed by atoms with E-state index in [4.69, 9.17) is 37.4 Å². The molecule has 5 heterocycles. The number of urea groups is 1. The fraction of sp³-hybridized carbons (Fsp3) is 0.385. The summed E-state index contributed by atoms with van der Waals surface area (Å²) in [7, 11) is 1.49. The number of carboxylic acids is 1. The molecule has 512 valence electrons. The normalized spacial score (nSPS) is 20.5. The zero-order valence-electron chi connectivity index (χ0n) is 52.6. The summed E-state index contributed by atoms with van der Waals surface area (Å²) < 4.78 is 18.7. The van der Waals surface area contributed by atoms with Crippen molar-refractivity contribution in [2.45, 2.75) is 134 Å². The lowest BCUT2D eigenvalue weighted by molar-refractivity contribution is -0.143. The molecule has 96 heavy (non-hydrogen) atoms. The maximum atomic E-state index is 15.9. The molecule has 10 amide bonds. The SMILES string of the molecule is CCCCCCCCNC(=O)NC(=O)C[C@@H]1NC(=O)[C@H](NC(=O)[C@@H](CC(C)C)NC)[C@H](O)c2ccc(c(Cl)c2)Oc2cc3cc(c2OC(=O)NCC)Oc2ccc(cc2Cl)[C@@H](O)[C@@H]2NC(=O)[C@H](NC(=O)[C@@H]3NC1=O)c1ccc(O)c(c1)-c1c(O)cc(O)cc1[C@@H](C(=O)O)NC2=O. The second-order valence-electron chi connectivity index (χ2n) is 23.4. The summed E-state index contributed by atoms with van der Waals surface area (Å²) >= 11 is 13.9. The summed E-state index contributed by atoms with van der Waals surface area (Å²) in [6.07, 6.45) is -0.990. The van der Waals surface area contributed by atoms with Gasteiger partial charge in [-0.1, -0.05) is 94.3 Å². The second kappa shape index (κ2) is 32.0. The highest BCUT2D eigenvalue weighted by molar-refractivity contribution is 6.32. The van der Waals surface area contributed by atoms with Crippen LogP contribution >= 0.6 is 23.2 Å². The quantitative estimate of drug-likeness (QED) is 0.0511. The van der Waals surface area contributed by atoms with E-state index in [0.29, 0.717) is 6.42 Å². The van der Waals surface area contributed by atoms with Gasteiger partial charge in [0.05, 0.1) is 22.5 Å². The minimum atomic E-state index is -2.28. The Hall–Kier alpha value is -9.94. The number of halogens is 2. The van der Waals surface area contributed by atoms with E-state index in [9.17, 15) is 59.4 Å². The maximum absolute atomic E-state index is 15.9. The van der Waals surface area contributed by atoms with Crippen molar-refractivity contribution in [3.63, 3.8) is 0 Å².